The Bertz CT molecular complexity index is 1060. The maximum absolute atomic E-state index is 13.5. The van der Waals surface area contributed by atoms with Crippen LogP contribution < -0.4 is 10.6 Å². The van der Waals surface area contributed by atoms with E-state index in [0.717, 1.165) is 6.07 Å². The second-order valence-electron chi connectivity index (χ2n) is 7.48. The second-order valence-corrected chi connectivity index (χ2v) is 7.85. The Balaban J connectivity index is 2.39. The van der Waals surface area contributed by atoms with Crippen LogP contribution in [0, 0.1) is 24.1 Å². The normalized spacial score (nSPS) is 11.0. The first kappa shape index (κ1) is 22.1. The lowest BCUT2D eigenvalue weighted by atomic mass is 10.1. The Morgan fingerprint density at radius 2 is 1.86 bits per heavy atom. The fraction of sp³-hybridized carbons (Fsp3) is 0.300. The Labute approximate surface area is 172 Å². The van der Waals surface area contributed by atoms with Crippen molar-refractivity contribution in [1.29, 1.82) is 5.26 Å². The number of anilines is 1. The van der Waals surface area contributed by atoms with E-state index in [4.69, 9.17) is 16.9 Å². The van der Waals surface area contributed by atoms with Crippen molar-refractivity contribution in [2.75, 3.05) is 5.32 Å². The molecule has 29 heavy (non-hydrogen) atoms. The highest BCUT2D eigenvalue weighted by atomic mass is 35.5. The molecule has 0 aliphatic carbocycles. The molecule has 0 aliphatic rings. The van der Waals surface area contributed by atoms with Gasteiger partial charge in [-0.25, -0.2) is 4.39 Å². The molecule has 9 heteroatoms. The number of Topliss-reactive ketones (excluding diaryl/α,β-unsaturated/α-hetero) is 1. The number of amides is 2. The van der Waals surface area contributed by atoms with Crippen molar-refractivity contribution in [3.63, 3.8) is 0 Å². The summed E-state index contributed by atoms with van der Waals surface area (Å²) in [6, 6.07) is 5.21. The van der Waals surface area contributed by atoms with Gasteiger partial charge in [-0.05, 0) is 45.9 Å². The van der Waals surface area contributed by atoms with Crippen LogP contribution in [-0.4, -0.2) is 27.7 Å². The van der Waals surface area contributed by atoms with Gasteiger partial charge < -0.3 is 15.2 Å². The van der Waals surface area contributed by atoms with Crippen LogP contribution in [-0.2, 0) is 11.8 Å². The first-order valence-electron chi connectivity index (χ1n) is 8.60. The van der Waals surface area contributed by atoms with Gasteiger partial charge in [0.15, 0.2) is 0 Å². The number of nitrogens with one attached hydrogen (secondary N) is 2. The van der Waals surface area contributed by atoms with Gasteiger partial charge in [-0.3, -0.25) is 14.4 Å². The lowest BCUT2D eigenvalue weighted by Gasteiger charge is -2.19. The molecule has 7 nitrogen and oxygen atoms in total. The summed E-state index contributed by atoms with van der Waals surface area (Å²) in [6.45, 7) is 6.75. The maximum Gasteiger partial charge on any atom is 0.292 e. The Hall–Kier alpha value is -3.18. The number of hydrogen-bond donors (Lipinski definition) is 2. The zero-order valence-electron chi connectivity index (χ0n) is 16.6. The minimum absolute atomic E-state index is 0.0427. The highest BCUT2D eigenvalue weighted by molar-refractivity contribution is 6.48. The molecule has 1 aromatic carbocycles. The SMILES string of the molecule is Cc1c(C(=O)C(=O)NC(C)(C)C)c(Cl)c(C(=O)Nc2ccc(F)c(C#N)c2)n1C. The number of ketones is 1. The van der Waals surface area contributed by atoms with Gasteiger partial charge >= 0.3 is 0 Å². The molecule has 1 aromatic heterocycles. The topological polar surface area (TPSA) is 104 Å². The molecule has 2 rings (SSSR count). The number of halogens is 2. The van der Waals surface area contributed by atoms with E-state index in [1.165, 1.54) is 23.7 Å². The summed E-state index contributed by atoms with van der Waals surface area (Å²) in [5, 5.41) is 13.8. The van der Waals surface area contributed by atoms with Crippen LogP contribution in [0.25, 0.3) is 0 Å². The first-order valence-corrected chi connectivity index (χ1v) is 8.97. The molecule has 0 unspecified atom stereocenters. The lowest BCUT2D eigenvalue weighted by molar-refractivity contribution is -0.118. The molecular weight excluding hydrogens is 399 g/mol. The third kappa shape index (κ3) is 4.63. The molecule has 0 aliphatic heterocycles. The van der Waals surface area contributed by atoms with Crippen LogP contribution in [0.3, 0.4) is 0 Å². The largest absolute Gasteiger partial charge is 0.345 e. The highest BCUT2D eigenvalue weighted by Crippen LogP contribution is 2.29. The molecular formula is C20H20ClFN4O3. The molecule has 0 atom stereocenters. The van der Waals surface area contributed by atoms with E-state index in [-0.39, 0.29) is 27.5 Å². The van der Waals surface area contributed by atoms with Crippen molar-refractivity contribution in [2.45, 2.75) is 33.2 Å². The second kappa shape index (κ2) is 8.05. The quantitative estimate of drug-likeness (QED) is 0.586. The minimum atomic E-state index is -0.856. The van der Waals surface area contributed by atoms with E-state index in [1.54, 1.807) is 33.8 Å². The summed E-state index contributed by atoms with van der Waals surface area (Å²) >= 11 is 6.30. The van der Waals surface area contributed by atoms with Crippen molar-refractivity contribution in [2.24, 2.45) is 7.05 Å². The molecule has 2 aromatic rings. The Morgan fingerprint density at radius 1 is 1.24 bits per heavy atom. The van der Waals surface area contributed by atoms with Gasteiger partial charge in [0, 0.05) is 24.0 Å². The van der Waals surface area contributed by atoms with E-state index in [0.29, 0.717) is 5.69 Å². The number of carbonyl (C=O) groups excluding carboxylic acids is 3. The molecule has 0 spiro atoms. The predicted octanol–water partition coefficient (Wildman–Crippen LogP) is 3.35. The van der Waals surface area contributed by atoms with Crippen LogP contribution in [0.5, 0.6) is 0 Å². The van der Waals surface area contributed by atoms with E-state index >= 15 is 0 Å². The Morgan fingerprint density at radius 3 is 2.41 bits per heavy atom. The van der Waals surface area contributed by atoms with Gasteiger partial charge in [-0.15, -0.1) is 0 Å². The van der Waals surface area contributed by atoms with Gasteiger partial charge in [0.25, 0.3) is 17.6 Å². The molecule has 0 fully saturated rings. The number of nitriles is 1. The average Bonchev–Trinajstić information content (AvgIpc) is 2.83. The predicted molar refractivity (Wildman–Crippen MR) is 106 cm³/mol. The van der Waals surface area contributed by atoms with Gasteiger partial charge in [-0.2, -0.15) is 5.26 Å². The van der Waals surface area contributed by atoms with Crippen LogP contribution in [0.1, 0.15) is 52.9 Å². The molecule has 0 bridgehead atoms. The smallest absolute Gasteiger partial charge is 0.292 e. The van der Waals surface area contributed by atoms with Gasteiger partial charge in [0.1, 0.15) is 17.6 Å². The molecule has 2 amide bonds. The summed E-state index contributed by atoms with van der Waals surface area (Å²) in [7, 11) is 1.53. The number of nitrogens with zero attached hydrogens (tertiary/aromatic N) is 2. The van der Waals surface area contributed by atoms with Crippen LogP contribution >= 0.6 is 11.6 Å². The maximum atomic E-state index is 13.5. The van der Waals surface area contributed by atoms with Crippen molar-refractivity contribution < 1.29 is 18.8 Å². The zero-order valence-corrected chi connectivity index (χ0v) is 17.4. The number of carbonyl (C=O) groups is 3. The van der Waals surface area contributed by atoms with Gasteiger partial charge in [0.2, 0.25) is 0 Å². The van der Waals surface area contributed by atoms with Gasteiger partial charge in [-0.1, -0.05) is 11.6 Å². The third-order valence-corrected chi connectivity index (χ3v) is 4.48. The minimum Gasteiger partial charge on any atom is -0.345 e. The number of hydrogen-bond acceptors (Lipinski definition) is 4. The summed E-state index contributed by atoms with van der Waals surface area (Å²) in [4.78, 5) is 37.6. The summed E-state index contributed by atoms with van der Waals surface area (Å²) in [5.41, 5.74) is -0.445. The molecule has 152 valence electrons. The van der Waals surface area contributed by atoms with Gasteiger partial charge in [0.05, 0.1) is 16.1 Å². The summed E-state index contributed by atoms with van der Waals surface area (Å²) in [6.07, 6.45) is 0. The summed E-state index contributed by atoms with van der Waals surface area (Å²) in [5.74, 6) is -3.08. The van der Waals surface area contributed by atoms with Crippen LogP contribution in [0.4, 0.5) is 10.1 Å². The Kier molecular flexibility index (Phi) is 6.14. The third-order valence-electron chi connectivity index (χ3n) is 4.11. The lowest BCUT2D eigenvalue weighted by Crippen LogP contribution is -2.44. The highest BCUT2D eigenvalue weighted by Gasteiger charge is 2.31. The monoisotopic (exact) mass is 418 g/mol. The van der Waals surface area contributed by atoms with Crippen molar-refractivity contribution in [3.05, 3.63) is 51.6 Å². The van der Waals surface area contributed by atoms with Crippen molar-refractivity contribution in [3.8, 4) is 6.07 Å². The van der Waals surface area contributed by atoms with Crippen molar-refractivity contribution >= 4 is 34.9 Å². The van der Waals surface area contributed by atoms with Crippen LogP contribution in [0.15, 0.2) is 18.2 Å². The van der Waals surface area contributed by atoms with E-state index in [2.05, 4.69) is 10.6 Å². The van der Waals surface area contributed by atoms with E-state index < -0.39 is 29.0 Å². The standard InChI is InChI=1S/C20H20ClFN4O3/c1-10-14(17(27)19(29)25-20(2,3)4)15(21)16(26(10)5)18(28)24-12-6-7-13(22)11(8-12)9-23/h6-8H,1-5H3,(H,24,28)(H,25,29). The number of aromatic nitrogens is 1. The fourth-order valence-corrected chi connectivity index (χ4v) is 3.10. The molecule has 0 saturated carbocycles. The first-order chi connectivity index (χ1) is 13.4. The summed E-state index contributed by atoms with van der Waals surface area (Å²) < 4.78 is 14.9. The number of rotatable bonds is 4. The average molecular weight is 419 g/mol. The zero-order chi connectivity index (χ0) is 22.1. The van der Waals surface area contributed by atoms with Crippen molar-refractivity contribution in [1.82, 2.24) is 9.88 Å². The molecule has 0 radical (unpaired) electrons. The van der Waals surface area contributed by atoms with E-state index in [9.17, 15) is 18.8 Å². The number of benzene rings is 1. The molecule has 1 heterocycles. The van der Waals surface area contributed by atoms with E-state index in [1.807, 2.05) is 0 Å². The molecule has 0 saturated heterocycles. The fourth-order valence-electron chi connectivity index (χ4n) is 2.67. The van der Waals surface area contributed by atoms with Crippen LogP contribution in [0.2, 0.25) is 5.02 Å². The molecule has 2 N–H and O–H groups in total.